The molecule has 0 aliphatic rings. The van der Waals surface area contributed by atoms with E-state index >= 15 is 0 Å². The number of carbonyl (C=O) groups is 1. The summed E-state index contributed by atoms with van der Waals surface area (Å²) in [7, 11) is 0. The van der Waals surface area contributed by atoms with Crippen molar-refractivity contribution < 1.29 is 9.72 Å². The second-order valence-corrected chi connectivity index (χ2v) is 4.01. The molecule has 0 unspecified atom stereocenters. The molecular weight excluding hydrogens is 274 g/mol. The van der Waals surface area contributed by atoms with E-state index in [1.807, 2.05) is 0 Å². The highest BCUT2D eigenvalue weighted by Gasteiger charge is 2.16. The summed E-state index contributed by atoms with van der Waals surface area (Å²) < 4.78 is 0. The van der Waals surface area contributed by atoms with Crippen molar-refractivity contribution in [3.63, 3.8) is 0 Å². The van der Waals surface area contributed by atoms with Crippen molar-refractivity contribution in [1.29, 1.82) is 0 Å². The Morgan fingerprint density at radius 1 is 1.47 bits per heavy atom. The van der Waals surface area contributed by atoms with Gasteiger partial charge in [-0.3, -0.25) is 10.1 Å². The molecule has 2 aromatic rings. The third kappa shape index (κ3) is 3.05. The number of amides is 1. The number of aromatic nitrogens is 3. The second-order valence-electron chi connectivity index (χ2n) is 3.62. The van der Waals surface area contributed by atoms with Crippen LogP contribution in [0, 0.1) is 17.0 Å². The van der Waals surface area contributed by atoms with Crippen molar-refractivity contribution in [2.45, 2.75) is 6.92 Å². The molecule has 98 valence electrons. The highest BCUT2D eigenvalue weighted by molar-refractivity contribution is 6.29. The van der Waals surface area contributed by atoms with Crippen molar-refractivity contribution in [3.8, 4) is 0 Å². The first kappa shape index (κ1) is 13.0. The fourth-order valence-corrected chi connectivity index (χ4v) is 1.62. The summed E-state index contributed by atoms with van der Waals surface area (Å²) in [5.74, 6) is -0.824. The Hall–Kier alpha value is -2.48. The van der Waals surface area contributed by atoms with Crippen molar-refractivity contribution >= 4 is 29.3 Å². The number of hydrogen-bond donors (Lipinski definition) is 2. The number of H-pyrrole nitrogens is 1. The van der Waals surface area contributed by atoms with E-state index in [0.717, 1.165) is 0 Å². The van der Waals surface area contributed by atoms with Gasteiger partial charge in [-0.25, -0.2) is 15.0 Å². The fraction of sp³-hybridized carbons (Fsp3) is 0.100. The molecule has 9 heteroatoms. The van der Waals surface area contributed by atoms with Crippen LogP contribution in [-0.2, 0) is 0 Å². The third-order valence-electron chi connectivity index (χ3n) is 2.16. The highest BCUT2D eigenvalue weighted by Crippen LogP contribution is 2.13. The van der Waals surface area contributed by atoms with Gasteiger partial charge in [-0.2, -0.15) is 0 Å². The highest BCUT2D eigenvalue weighted by atomic mass is 35.5. The van der Waals surface area contributed by atoms with Crippen LogP contribution in [0.15, 0.2) is 18.2 Å². The minimum absolute atomic E-state index is 0.0345. The van der Waals surface area contributed by atoms with Gasteiger partial charge in [0.1, 0.15) is 5.15 Å². The number of nitro groups is 1. The molecule has 2 aromatic heterocycles. The van der Waals surface area contributed by atoms with E-state index in [9.17, 15) is 14.9 Å². The van der Waals surface area contributed by atoms with Gasteiger partial charge in [-0.15, -0.1) is 0 Å². The molecule has 19 heavy (non-hydrogen) atoms. The maximum Gasteiger partial charge on any atom is 0.321 e. The predicted molar refractivity (Wildman–Crippen MR) is 67.2 cm³/mol. The monoisotopic (exact) mass is 281 g/mol. The maximum atomic E-state index is 11.8. The van der Waals surface area contributed by atoms with Crippen molar-refractivity contribution in [1.82, 2.24) is 15.0 Å². The molecule has 0 saturated carbocycles. The number of nitrogens with one attached hydrogen (secondary N) is 2. The number of carbonyl (C=O) groups excluding carboxylic acids is 1. The van der Waals surface area contributed by atoms with E-state index in [4.69, 9.17) is 11.6 Å². The average Bonchev–Trinajstić information content (AvgIpc) is 2.76. The van der Waals surface area contributed by atoms with E-state index in [2.05, 4.69) is 20.3 Å². The standard InChI is InChI=1S/C10H8ClN5O3/c1-5-4-7(11)14-10(12-5)15-9(17)6-2-3-8(13-6)16(18)19/h2-4,13H,1H3,(H,12,14,15,17). The molecule has 2 rings (SSSR count). The van der Waals surface area contributed by atoms with Crippen LogP contribution in [0.1, 0.15) is 16.2 Å². The first-order valence-electron chi connectivity index (χ1n) is 5.11. The van der Waals surface area contributed by atoms with E-state index < -0.39 is 10.8 Å². The molecule has 0 aromatic carbocycles. The molecule has 0 atom stereocenters. The molecule has 2 N–H and O–H groups in total. The lowest BCUT2D eigenvalue weighted by atomic mass is 10.4. The molecule has 0 spiro atoms. The Bertz CT molecular complexity index is 634. The van der Waals surface area contributed by atoms with Crippen LogP contribution in [0.2, 0.25) is 5.15 Å². The Kier molecular flexibility index (Phi) is 3.43. The van der Waals surface area contributed by atoms with Crippen LogP contribution in [0.5, 0.6) is 0 Å². The average molecular weight is 282 g/mol. The van der Waals surface area contributed by atoms with Gasteiger partial charge in [0.15, 0.2) is 5.69 Å². The second kappa shape index (κ2) is 5.02. The first-order valence-corrected chi connectivity index (χ1v) is 5.49. The number of halogens is 1. The van der Waals surface area contributed by atoms with Crippen molar-refractivity contribution in [2.24, 2.45) is 0 Å². The number of anilines is 1. The summed E-state index contributed by atoms with van der Waals surface area (Å²) in [4.78, 5) is 31.8. The van der Waals surface area contributed by atoms with Gasteiger partial charge in [0.25, 0.3) is 5.91 Å². The van der Waals surface area contributed by atoms with Gasteiger partial charge in [0.2, 0.25) is 5.95 Å². The van der Waals surface area contributed by atoms with Gasteiger partial charge in [-0.1, -0.05) is 11.6 Å². The quantitative estimate of drug-likeness (QED) is 0.507. The third-order valence-corrected chi connectivity index (χ3v) is 2.35. The van der Waals surface area contributed by atoms with Gasteiger partial charge in [-0.05, 0) is 24.0 Å². The van der Waals surface area contributed by atoms with E-state index in [-0.39, 0.29) is 22.6 Å². The zero-order valence-electron chi connectivity index (χ0n) is 9.68. The Morgan fingerprint density at radius 2 is 2.21 bits per heavy atom. The molecule has 2 heterocycles. The van der Waals surface area contributed by atoms with E-state index in [0.29, 0.717) is 5.69 Å². The van der Waals surface area contributed by atoms with Crippen LogP contribution in [0.3, 0.4) is 0 Å². The molecule has 0 aliphatic carbocycles. The minimum atomic E-state index is -0.628. The zero-order valence-corrected chi connectivity index (χ0v) is 10.4. The summed E-state index contributed by atoms with van der Waals surface area (Å²) in [5.41, 5.74) is 0.626. The van der Waals surface area contributed by atoms with Crippen molar-refractivity contribution in [3.05, 3.63) is 44.9 Å². The smallest absolute Gasteiger partial charge is 0.321 e. The predicted octanol–water partition coefficient (Wildman–Crippen LogP) is 1.93. The molecular formula is C10H8ClN5O3. The van der Waals surface area contributed by atoms with Crippen LogP contribution in [0.25, 0.3) is 0 Å². The van der Waals surface area contributed by atoms with Gasteiger partial charge in [0, 0.05) is 11.8 Å². The maximum absolute atomic E-state index is 11.8. The Labute approximate surface area is 112 Å². The summed E-state index contributed by atoms with van der Waals surface area (Å²) in [6.45, 7) is 1.70. The van der Waals surface area contributed by atoms with Gasteiger partial charge < -0.3 is 10.1 Å². The van der Waals surface area contributed by atoms with Gasteiger partial charge in [0.05, 0.1) is 0 Å². The van der Waals surface area contributed by atoms with E-state index in [1.54, 1.807) is 6.92 Å². The molecule has 1 amide bonds. The lowest BCUT2D eigenvalue weighted by Crippen LogP contribution is -2.15. The number of hydrogen-bond acceptors (Lipinski definition) is 5. The molecule has 0 radical (unpaired) electrons. The molecule has 0 aliphatic heterocycles. The molecule has 8 nitrogen and oxygen atoms in total. The number of rotatable bonds is 3. The van der Waals surface area contributed by atoms with Crippen LogP contribution in [-0.4, -0.2) is 25.8 Å². The molecule has 0 fully saturated rings. The SMILES string of the molecule is Cc1cc(Cl)nc(NC(=O)c2ccc([N+](=O)[O-])[nH]2)n1. The Morgan fingerprint density at radius 3 is 2.79 bits per heavy atom. The lowest BCUT2D eigenvalue weighted by Gasteiger charge is -2.02. The van der Waals surface area contributed by atoms with Crippen molar-refractivity contribution in [2.75, 3.05) is 5.32 Å². The zero-order chi connectivity index (χ0) is 14.0. The Balaban J connectivity index is 2.18. The lowest BCUT2D eigenvalue weighted by molar-refractivity contribution is -0.389. The van der Waals surface area contributed by atoms with E-state index in [1.165, 1.54) is 18.2 Å². The van der Waals surface area contributed by atoms with Crippen LogP contribution >= 0.6 is 11.6 Å². The molecule has 0 saturated heterocycles. The minimum Gasteiger partial charge on any atom is -0.358 e. The summed E-state index contributed by atoms with van der Waals surface area (Å²) in [6.07, 6.45) is 0. The number of aryl methyl sites for hydroxylation is 1. The fourth-order valence-electron chi connectivity index (χ4n) is 1.38. The first-order chi connectivity index (χ1) is 8.95. The summed E-state index contributed by atoms with van der Waals surface area (Å²) in [5, 5.41) is 13.1. The van der Waals surface area contributed by atoms with Gasteiger partial charge >= 0.3 is 5.82 Å². The normalized spacial score (nSPS) is 10.2. The summed E-state index contributed by atoms with van der Waals surface area (Å²) >= 11 is 5.73. The largest absolute Gasteiger partial charge is 0.358 e. The van der Waals surface area contributed by atoms with Crippen LogP contribution < -0.4 is 5.32 Å². The van der Waals surface area contributed by atoms with Crippen LogP contribution in [0.4, 0.5) is 11.8 Å². The molecule has 0 bridgehead atoms. The topological polar surface area (TPSA) is 114 Å². The number of aromatic amines is 1. The summed E-state index contributed by atoms with van der Waals surface area (Å²) in [6, 6.07) is 4.03. The number of nitrogens with zero attached hydrogens (tertiary/aromatic N) is 3.